The van der Waals surface area contributed by atoms with Crippen molar-refractivity contribution in [3.8, 4) is 0 Å². The number of nitrogens with one attached hydrogen (secondary N) is 2. The number of hydrogen-bond donors (Lipinski definition) is 2. The van der Waals surface area contributed by atoms with E-state index in [4.69, 9.17) is 27.6 Å². The molecule has 23 heavy (non-hydrogen) atoms. The lowest BCUT2D eigenvalue weighted by molar-refractivity contribution is 0.0996. The number of amides is 1. The van der Waals surface area contributed by atoms with Crippen molar-refractivity contribution in [3.63, 3.8) is 0 Å². The van der Waals surface area contributed by atoms with Crippen LogP contribution in [0.5, 0.6) is 0 Å². The second-order valence-electron chi connectivity index (χ2n) is 4.59. The number of aromatic nitrogens is 1. The number of nitrogens with zero attached hydrogens (tertiary/aromatic N) is 1. The molecule has 0 aliphatic carbocycles. The third-order valence-corrected chi connectivity index (χ3v) is 3.61. The SMILES string of the molecule is O=C(Nc1ccc(Nc2c(Cl)cccc2Cl)nc1)c1ccco1. The number of anilines is 3. The summed E-state index contributed by atoms with van der Waals surface area (Å²) in [7, 11) is 0. The maximum atomic E-state index is 11.9. The van der Waals surface area contributed by atoms with Gasteiger partial charge in [-0.2, -0.15) is 0 Å². The molecule has 2 aromatic heterocycles. The summed E-state index contributed by atoms with van der Waals surface area (Å²) in [5, 5.41) is 6.72. The lowest BCUT2D eigenvalue weighted by Crippen LogP contribution is -2.11. The quantitative estimate of drug-likeness (QED) is 0.698. The van der Waals surface area contributed by atoms with E-state index in [1.54, 1.807) is 42.5 Å². The summed E-state index contributed by atoms with van der Waals surface area (Å²) in [6, 6.07) is 11.9. The Labute approximate surface area is 142 Å². The fraction of sp³-hybridized carbons (Fsp3) is 0. The fourth-order valence-corrected chi connectivity index (χ4v) is 2.38. The van der Waals surface area contributed by atoms with Crippen LogP contribution in [0.25, 0.3) is 0 Å². The van der Waals surface area contributed by atoms with Crippen LogP contribution < -0.4 is 10.6 Å². The zero-order chi connectivity index (χ0) is 16.2. The number of benzene rings is 1. The molecule has 116 valence electrons. The molecular weight excluding hydrogens is 337 g/mol. The Kier molecular flexibility index (Phi) is 4.50. The van der Waals surface area contributed by atoms with Gasteiger partial charge in [0.2, 0.25) is 0 Å². The molecular formula is C16H11Cl2N3O2. The van der Waals surface area contributed by atoms with Gasteiger partial charge in [0.05, 0.1) is 33.9 Å². The van der Waals surface area contributed by atoms with Crippen molar-refractivity contribution in [2.75, 3.05) is 10.6 Å². The predicted molar refractivity (Wildman–Crippen MR) is 90.6 cm³/mol. The number of hydrogen-bond acceptors (Lipinski definition) is 4. The first kappa shape index (κ1) is 15.4. The molecule has 1 amide bonds. The van der Waals surface area contributed by atoms with Crippen molar-refractivity contribution in [2.24, 2.45) is 0 Å². The molecule has 3 aromatic rings. The molecule has 0 aliphatic rings. The van der Waals surface area contributed by atoms with Gasteiger partial charge in [-0.3, -0.25) is 4.79 Å². The lowest BCUT2D eigenvalue weighted by atomic mass is 10.3. The van der Waals surface area contributed by atoms with Crippen molar-refractivity contribution in [1.82, 2.24) is 4.98 Å². The minimum absolute atomic E-state index is 0.232. The smallest absolute Gasteiger partial charge is 0.291 e. The van der Waals surface area contributed by atoms with E-state index in [-0.39, 0.29) is 11.7 Å². The zero-order valence-corrected chi connectivity index (χ0v) is 13.2. The van der Waals surface area contributed by atoms with Gasteiger partial charge in [-0.05, 0) is 36.4 Å². The van der Waals surface area contributed by atoms with E-state index in [1.807, 2.05) is 0 Å². The van der Waals surface area contributed by atoms with Gasteiger partial charge in [-0.15, -0.1) is 0 Å². The molecule has 0 spiro atoms. The summed E-state index contributed by atoms with van der Waals surface area (Å²) >= 11 is 12.2. The summed E-state index contributed by atoms with van der Waals surface area (Å²) in [4.78, 5) is 16.1. The standard InChI is InChI=1S/C16H11Cl2N3O2/c17-11-3-1-4-12(18)15(11)21-14-7-6-10(9-19-14)20-16(22)13-5-2-8-23-13/h1-9H,(H,19,21)(H,20,22). The summed E-state index contributed by atoms with van der Waals surface area (Å²) in [5.74, 6) is 0.442. The van der Waals surface area contributed by atoms with Crippen LogP contribution >= 0.6 is 23.2 Å². The highest BCUT2D eigenvalue weighted by Crippen LogP contribution is 2.32. The fourth-order valence-electron chi connectivity index (χ4n) is 1.89. The van der Waals surface area contributed by atoms with Crippen LogP contribution in [-0.2, 0) is 0 Å². The zero-order valence-electron chi connectivity index (χ0n) is 11.7. The Hall–Kier alpha value is -2.50. The Morgan fingerprint density at radius 3 is 2.43 bits per heavy atom. The molecule has 0 saturated carbocycles. The molecule has 7 heteroatoms. The van der Waals surface area contributed by atoms with Gasteiger partial charge < -0.3 is 15.1 Å². The summed E-state index contributed by atoms with van der Waals surface area (Å²) < 4.78 is 5.02. The van der Waals surface area contributed by atoms with Gasteiger partial charge in [-0.1, -0.05) is 29.3 Å². The maximum Gasteiger partial charge on any atom is 0.291 e. The molecule has 0 atom stereocenters. The van der Waals surface area contributed by atoms with Crippen LogP contribution in [0.1, 0.15) is 10.6 Å². The van der Waals surface area contributed by atoms with E-state index in [0.717, 1.165) is 0 Å². The summed E-state index contributed by atoms with van der Waals surface area (Å²) in [6.45, 7) is 0. The van der Waals surface area contributed by atoms with Crippen molar-refractivity contribution in [1.29, 1.82) is 0 Å². The second-order valence-corrected chi connectivity index (χ2v) is 5.40. The molecule has 0 fully saturated rings. The lowest BCUT2D eigenvalue weighted by Gasteiger charge is -2.10. The Balaban J connectivity index is 1.71. The molecule has 1 aromatic carbocycles. The number of halogens is 2. The van der Waals surface area contributed by atoms with E-state index >= 15 is 0 Å². The Morgan fingerprint density at radius 2 is 1.83 bits per heavy atom. The van der Waals surface area contributed by atoms with E-state index in [9.17, 15) is 4.79 Å². The van der Waals surface area contributed by atoms with Crippen LogP contribution in [0.3, 0.4) is 0 Å². The number of pyridine rings is 1. The van der Waals surface area contributed by atoms with Crippen LogP contribution in [0, 0.1) is 0 Å². The van der Waals surface area contributed by atoms with Crippen molar-refractivity contribution >= 4 is 46.3 Å². The van der Waals surface area contributed by atoms with Gasteiger partial charge >= 0.3 is 0 Å². The van der Waals surface area contributed by atoms with Crippen LogP contribution in [0.2, 0.25) is 10.0 Å². The van der Waals surface area contributed by atoms with Gasteiger partial charge in [0, 0.05) is 0 Å². The number of furan rings is 1. The second kappa shape index (κ2) is 6.73. The highest BCUT2D eigenvalue weighted by atomic mass is 35.5. The maximum absolute atomic E-state index is 11.9. The monoisotopic (exact) mass is 347 g/mol. The highest BCUT2D eigenvalue weighted by Gasteiger charge is 2.09. The molecule has 0 unspecified atom stereocenters. The van der Waals surface area contributed by atoms with Gasteiger partial charge in [-0.25, -0.2) is 4.98 Å². The minimum Gasteiger partial charge on any atom is -0.459 e. The van der Waals surface area contributed by atoms with E-state index in [1.165, 1.54) is 12.5 Å². The topological polar surface area (TPSA) is 67.2 Å². The normalized spacial score (nSPS) is 10.3. The van der Waals surface area contributed by atoms with Gasteiger partial charge in [0.15, 0.2) is 5.76 Å². The molecule has 3 rings (SSSR count). The van der Waals surface area contributed by atoms with Crippen LogP contribution in [-0.4, -0.2) is 10.9 Å². The molecule has 0 bridgehead atoms. The third-order valence-electron chi connectivity index (χ3n) is 2.98. The summed E-state index contributed by atoms with van der Waals surface area (Å²) in [6.07, 6.45) is 2.96. The number of para-hydroxylation sites is 1. The molecule has 5 nitrogen and oxygen atoms in total. The number of carbonyl (C=O) groups is 1. The van der Waals surface area contributed by atoms with Crippen molar-refractivity contribution < 1.29 is 9.21 Å². The average Bonchev–Trinajstić information content (AvgIpc) is 3.07. The third kappa shape index (κ3) is 3.64. The average molecular weight is 348 g/mol. The first-order valence-electron chi connectivity index (χ1n) is 6.65. The number of rotatable bonds is 4. The molecule has 0 saturated heterocycles. The highest BCUT2D eigenvalue weighted by molar-refractivity contribution is 6.39. The Morgan fingerprint density at radius 1 is 1.04 bits per heavy atom. The molecule has 0 aliphatic heterocycles. The molecule has 2 N–H and O–H groups in total. The Bertz CT molecular complexity index is 798. The van der Waals surface area contributed by atoms with Crippen LogP contribution in [0.4, 0.5) is 17.2 Å². The van der Waals surface area contributed by atoms with E-state index in [2.05, 4.69) is 15.6 Å². The first-order chi connectivity index (χ1) is 11.1. The summed E-state index contributed by atoms with van der Waals surface area (Å²) in [5.41, 5.74) is 1.12. The van der Waals surface area contributed by atoms with Crippen LogP contribution in [0.15, 0.2) is 59.3 Å². The van der Waals surface area contributed by atoms with Crippen molar-refractivity contribution in [3.05, 3.63) is 70.7 Å². The van der Waals surface area contributed by atoms with E-state index < -0.39 is 0 Å². The minimum atomic E-state index is -0.341. The largest absolute Gasteiger partial charge is 0.459 e. The molecule has 2 heterocycles. The van der Waals surface area contributed by atoms with Crippen molar-refractivity contribution in [2.45, 2.75) is 0 Å². The van der Waals surface area contributed by atoms with Gasteiger partial charge in [0.1, 0.15) is 5.82 Å². The van der Waals surface area contributed by atoms with E-state index in [0.29, 0.717) is 27.2 Å². The number of carbonyl (C=O) groups excluding carboxylic acids is 1. The van der Waals surface area contributed by atoms with Gasteiger partial charge in [0.25, 0.3) is 5.91 Å². The predicted octanol–water partition coefficient (Wildman–Crippen LogP) is 4.98. The first-order valence-corrected chi connectivity index (χ1v) is 7.41. The molecule has 0 radical (unpaired) electrons.